The van der Waals surface area contributed by atoms with Crippen molar-refractivity contribution in [3.05, 3.63) is 47.5 Å². The zero-order valence-electron chi connectivity index (χ0n) is 9.24. The highest BCUT2D eigenvalue weighted by molar-refractivity contribution is 5.18. The van der Waals surface area contributed by atoms with Gasteiger partial charge in [0, 0.05) is 26.2 Å². The van der Waals surface area contributed by atoms with Gasteiger partial charge in [-0.25, -0.2) is 0 Å². The highest BCUT2D eigenvalue weighted by Crippen LogP contribution is 2.12. The zero-order valence-corrected chi connectivity index (χ0v) is 9.24. The SMILES string of the molecule is CNCC1=CCN(Cc2ccccc2)C1. The third-order valence-corrected chi connectivity index (χ3v) is 2.72. The Bertz CT molecular complexity index is 330. The molecular weight excluding hydrogens is 184 g/mol. The molecule has 1 aliphatic rings. The first kappa shape index (κ1) is 10.4. The highest BCUT2D eigenvalue weighted by Gasteiger charge is 2.12. The van der Waals surface area contributed by atoms with E-state index in [2.05, 4.69) is 46.6 Å². The van der Waals surface area contributed by atoms with Gasteiger partial charge in [-0.3, -0.25) is 4.90 Å². The topological polar surface area (TPSA) is 15.3 Å². The molecule has 2 rings (SSSR count). The van der Waals surface area contributed by atoms with Crippen LogP contribution in [0.15, 0.2) is 42.0 Å². The third kappa shape index (κ3) is 2.91. The summed E-state index contributed by atoms with van der Waals surface area (Å²) in [6.45, 7) is 4.28. The summed E-state index contributed by atoms with van der Waals surface area (Å²) in [6, 6.07) is 10.7. The van der Waals surface area contributed by atoms with Crippen molar-refractivity contribution in [3.63, 3.8) is 0 Å². The maximum atomic E-state index is 3.20. The lowest BCUT2D eigenvalue weighted by atomic mass is 10.2. The first-order valence-electron chi connectivity index (χ1n) is 5.47. The molecular formula is C13H18N2. The third-order valence-electron chi connectivity index (χ3n) is 2.72. The largest absolute Gasteiger partial charge is 0.316 e. The van der Waals surface area contributed by atoms with Crippen molar-refractivity contribution in [2.75, 3.05) is 26.7 Å². The normalized spacial score (nSPS) is 16.7. The van der Waals surface area contributed by atoms with E-state index in [-0.39, 0.29) is 0 Å². The van der Waals surface area contributed by atoms with Crippen LogP contribution in [0.5, 0.6) is 0 Å². The minimum Gasteiger partial charge on any atom is -0.316 e. The molecule has 2 nitrogen and oxygen atoms in total. The standard InChI is InChI=1S/C13H18N2/c1-14-9-13-7-8-15(11-13)10-12-5-3-2-4-6-12/h2-7,14H,8-11H2,1H3. The molecule has 0 saturated heterocycles. The molecule has 0 unspecified atom stereocenters. The maximum absolute atomic E-state index is 3.20. The van der Waals surface area contributed by atoms with Crippen LogP contribution in [-0.4, -0.2) is 31.6 Å². The van der Waals surface area contributed by atoms with Crippen molar-refractivity contribution < 1.29 is 0 Å². The molecule has 0 atom stereocenters. The number of rotatable bonds is 4. The first-order valence-corrected chi connectivity index (χ1v) is 5.47. The summed E-state index contributed by atoms with van der Waals surface area (Å²) in [5, 5.41) is 3.20. The molecule has 1 aromatic rings. The lowest BCUT2D eigenvalue weighted by Gasteiger charge is -2.15. The monoisotopic (exact) mass is 202 g/mol. The van der Waals surface area contributed by atoms with Gasteiger partial charge < -0.3 is 5.32 Å². The molecule has 1 N–H and O–H groups in total. The lowest BCUT2D eigenvalue weighted by molar-refractivity contribution is 0.339. The summed E-state index contributed by atoms with van der Waals surface area (Å²) in [5.41, 5.74) is 2.91. The summed E-state index contributed by atoms with van der Waals surface area (Å²) in [6.07, 6.45) is 2.33. The van der Waals surface area contributed by atoms with Gasteiger partial charge in [0.2, 0.25) is 0 Å². The second kappa shape index (κ2) is 5.10. The highest BCUT2D eigenvalue weighted by atomic mass is 15.1. The van der Waals surface area contributed by atoms with Crippen molar-refractivity contribution >= 4 is 0 Å². The van der Waals surface area contributed by atoms with Gasteiger partial charge in [-0.2, -0.15) is 0 Å². The summed E-state index contributed by atoms with van der Waals surface area (Å²) < 4.78 is 0. The molecule has 0 saturated carbocycles. The smallest absolute Gasteiger partial charge is 0.0240 e. The first-order chi connectivity index (χ1) is 7.38. The van der Waals surface area contributed by atoms with E-state index in [0.29, 0.717) is 0 Å². The number of likely N-dealkylation sites (N-methyl/N-ethyl adjacent to an activating group) is 1. The van der Waals surface area contributed by atoms with Crippen LogP contribution in [0.3, 0.4) is 0 Å². The minimum atomic E-state index is 1.02. The van der Waals surface area contributed by atoms with Gasteiger partial charge in [0.25, 0.3) is 0 Å². The van der Waals surface area contributed by atoms with Gasteiger partial charge in [0.05, 0.1) is 0 Å². The second-order valence-electron chi connectivity index (χ2n) is 4.05. The van der Waals surface area contributed by atoms with Gasteiger partial charge in [0.1, 0.15) is 0 Å². The van der Waals surface area contributed by atoms with Gasteiger partial charge >= 0.3 is 0 Å². The van der Waals surface area contributed by atoms with E-state index in [1.165, 1.54) is 11.1 Å². The molecule has 0 aromatic heterocycles. The Balaban J connectivity index is 1.84. The van der Waals surface area contributed by atoms with E-state index in [9.17, 15) is 0 Å². The van der Waals surface area contributed by atoms with Crippen LogP contribution >= 0.6 is 0 Å². The minimum absolute atomic E-state index is 1.02. The predicted octanol–water partition coefficient (Wildman–Crippen LogP) is 1.65. The predicted molar refractivity (Wildman–Crippen MR) is 63.7 cm³/mol. The Morgan fingerprint density at radius 1 is 1.27 bits per heavy atom. The van der Waals surface area contributed by atoms with Crippen LogP contribution in [0.4, 0.5) is 0 Å². The molecule has 0 aliphatic carbocycles. The molecule has 0 fully saturated rings. The number of benzene rings is 1. The van der Waals surface area contributed by atoms with Crippen molar-refractivity contribution in [2.24, 2.45) is 0 Å². The molecule has 0 amide bonds. The van der Waals surface area contributed by atoms with E-state index in [0.717, 1.165) is 26.2 Å². The van der Waals surface area contributed by atoms with Crippen LogP contribution in [0.25, 0.3) is 0 Å². The van der Waals surface area contributed by atoms with Gasteiger partial charge in [-0.15, -0.1) is 0 Å². The van der Waals surface area contributed by atoms with Crippen molar-refractivity contribution in [1.29, 1.82) is 0 Å². The summed E-state index contributed by atoms with van der Waals surface area (Å²) >= 11 is 0. The van der Waals surface area contributed by atoms with Gasteiger partial charge in [0.15, 0.2) is 0 Å². The zero-order chi connectivity index (χ0) is 10.5. The van der Waals surface area contributed by atoms with Crippen molar-refractivity contribution in [3.8, 4) is 0 Å². The molecule has 1 heterocycles. The van der Waals surface area contributed by atoms with Gasteiger partial charge in [-0.05, 0) is 18.2 Å². The van der Waals surface area contributed by atoms with Crippen LogP contribution in [0, 0.1) is 0 Å². The van der Waals surface area contributed by atoms with Gasteiger partial charge in [-0.1, -0.05) is 36.4 Å². The quantitative estimate of drug-likeness (QED) is 0.747. The van der Waals surface area contributed by atoms with Crippen LogP contribution < -0.4 is 5.32 Å². The van der Waals surface area contributed by atoms with Crippen LogP contribution in [-0.2, 0) is 6.54 Å². The fourth-order valence-corrected chi connectivity index (χ4v) is 1.99. The number of hydrogen-bond donors (Lipinski definition) is 1. The van der Waals surface area contributed by atoms with E-state index in [4.69, 9.17) is 0 Å². The Morgan fingerprint density at radius 2 is 2.07 bits per heavy atom. The Morgan fingerprint density at radius 3 is 2.80 bits per heavy atom. The molecule has 15 heavy (non-hydrogen) atoms. The Labute approximate surface area is 91.6 Å². The Hall–Kier alpha value is -1.12. The van der Waals surface area contributed by atoms with Crippen LogP contribution in [0.1, 0.15) is 5.56 Å². The molecule has 0 bridgehead atoms. The molecule has 1 aromatic carbocycles. The Kier molecular flexibility index (Phi) is 3.54. The number of nitrogens with one attached hydrogen (secondary N) is 1. The average molecular weight is 202 g/mol. The maximum Gasteiger partial charge on any atom is 0.0240 e. The summed E-state index contributed by atoms with van der Waals surface area (Å²) in [5.74, 6) is 0. The van der Waals surface area contributed by atoms with Crippen LogP contribution in [0.2, 0.25) is 0 Å². The molecule has 0 spiro atoms. The molecule has 1 aliphatic heterocycles. The number of hydrogen-bond acceptors (Lipinski definition) is 2. The van der Waals surface area contributed by atoms with E-state index >= 15 is 0 Å². The summed E-state index contributed by atoms with van der Waals surface area (Å²) in [7, 11) is 2.00. The fraction of sp³-hybridized carbons (Fsp3) is 0.385. The van der Waals surface area contributed by atoms with E-state index < -0.39 is 0 Å². The summed E-state index contributed by atoms with van der Waals surface area (Å²) in [4.78, 5) is 2.46. The average Bonchev–Trinajstić information content (AvgIpc) is 2.68. The second-order valence-corrected chi connectivity index (χ2v) is 4.05. The molecule has 0 radical (unpaired) electrons. The molecule has 2 heteroatoms. The van der Waals surface area contributed by atoms with Crippen molar-refractivity contribution in [1.82, 2.24) is 10.2 Å². The lowest BCUT2D eigenvalue weighted by Crippen LogP contribution is -2.22. The fourth-order valence-electron chi connectivity index (χ4n) is 1.99. The van der Waals surface area contributed by atoms with E-state index in [1.807, 2.05) is 7.05 Å². The van der Waals surface area contributed by atoms with E-state index in [1.54, 1.807) is 0 Å². The number of nitrogens with zero attached hydrogens (tertiary/aromatic N) is 1. The molecule has 80 valence electrons. The van der Waals surface area contributed by atoms with Crippen molar-refractivity contribution in [2.45, 2.75) is 6.54 Å².